The van der Waals surface area contributed by atoms with E-state index in [4.69, 9.17) is 0 Å². The van der Waals surface area contributed by atoms with Gasteiger partial charge in [-0.15, -0.1) is 0 Å². The molecule has 23 heavy (non-hydrogen) atoms. The van der Waals surface area contributed by atoms with Crippen molar-refractivity contribution in [3.05, 3.63) is 45.0 Å². The van der Waals surface area contributed by atoms with Gasteiger partial charge in [-0.2, -0.15) is 0 Å². The van der Waals surface area contributed by atoms with Gasteiger partial charge in [-0.05, 0) is 25.5 Å². The maximum Gasteiger partial charge on any atom is 0.307 e. The van der Waals surface area contributed by atoms with Crippen molar-refractivity contribution < 1.29 is 9.59 Å². The predicted molar refractivity (Wildman–Crippen MR) is 90.0 cm³/mol. The number of nitrogens with zero attached hydrogens (tertiary/aromatic N) is 2. The highest BCUT2D eigenvalue weighted by Crippen LogP contribution is 2.29. The van der Waals surface area contributed by atoms with Crippen LogP contribution in [0.2, 0.25) is 0 Å². The molecule has 2 heterocycles. The van der Waals surface area contributed by atoms with Crippen molar-refractivity contribution in [1.82, 2.24) is 4.57 Å². The average molecular weight is 331 g/mol. The lowest BCUT2D eigenvalue weighted by Gasteiger charge is -2.29. The Bertz CT molecular complexity index is 809. The zero-order valence-corrected chi connectivity index (χ0v) is 13.6. The number of benzene rings is 1. The van der Waals surface area contributed by atoms with Crippen molar-refractivity contribution in [3.63, 3.8) is 0 Å². The van der Waals surface area contributed by atoms with Crippen LogP contribution in [0, 0.1) is 6.92 Å². The third-order valence-corrected chi connectivity index (χ3v) is 4.70. The number of anilines is 2. The molecular weight excluding hydrogens is 314 g/mol. The van der Waals surface area contributed by atoms with E-state index < -0.39 is 0 Å². The molecule has 6 nitrogen and oxygen atoms in total. The number of carbonyl (C=O) groups excluding carboxylic acids is 2. The van der Waals surface area contributed by atoms with Gasteiger partial charge in [-0.1, -0.05) is 23.5 Å². The molecule has 0 unspecified atom stereocenters. The molecule has 1 aromatic heterocycles. The van der Waals surface area contributed by atoms with Crippen LogP contribution in [0.15, 0.2) is 34.4 Å². The topological polar surface area (TPSA) is 71.4 Å². The first kappa shape index (κ1) is 15.5. The van der Waals surface area contributed by atoms with Crippen LogP contribution in [0.25, 0.3) is 0 Å². The number of hydrogen-bond acceptors (Lipinski definition) is 4. The minimum Gasteiger partial charge on any atom is -0.323 e. The molecular formula is C16H17N3O3S. The maximum absolute atomic E-state index is 12.5. The van der Waals surface area contributed by atoms with Gasteiger partial charge in [0, 0.05) is 24.0 Å². The molecule has 7 heteroatoms. The van der Waals surface area contributed by atoms with E-state index in [9.17, 15) is 14.4 Å². The number of rotatable bonds is 4. The quantitative estimate of drug-likeness (QED) is 0.931. The van der Waals surface area contributed by atoms with Crippen LogP contribution in [-0.4, -0.2) is 22.9 Å². The van der Waals surface area contributed by atoms with Crippen LogP contribution in [0.5, 0.6) is 0 Å². The second kappa shape index (κ2) is 6.37. The van der Waals surface area contributed by atoms with Crippen molar-refractivity contribution in [3.8, 4) is 0 Å². The van der Waals surface area contributed by atoms with Gasteiger partial charge in [-0.25, -0.2) is 0 Å². The van der Waals surface area contributed by atoms with Gasteiger partial charge in [0.25, 0.3) is 0 Å². The summed E-state index contributed by atoms with van der Waals surface area (Å²) in [6.45, 7) is 2.43. The summed E-state index contributed by atoms with van der Waals surface area (Å²) in [5.74, 6) is -0.296. The number of hydrogen-bond donors (Lipinski definition) is 1. The molecule has 0 spiro atoms. The Balaban J connectivity index is 1.67. The summed E-state index contributed by atoms with van der Waals surface area (Å²) in [6.07, 6.45) is 0.861. The molecule has 0 saturated carbocycles. The molecule has 0 fully saturated rings. The first-order valence-corrected chi connectivity index (χ1v) is 8.28. The lowest BCUT2D eigenvalue weighted by atomic mass is 10.1. The number of aromatic nitrogens is 1. The molecule has 2 amide bonds. The fourth-order valence-electron chi connectivity index (χ4n) is 2.65. The van der Waals surface area contributed by atoms with E-state index in [1.165, 1.54) is 16.2 Å². The molecule has 120 valence electrons. The lowest BCUT2D eigenvalue weighted by Crippen LogP contribution is -2.42. The second-order valence-electron chi connectivity index (χ2n) is 5.44. The van der Waals surface area contributed by atoms with Crippen LogP contribution in [-0.2, 0) is 16.1 Å². The number of thiazole rings is 1. The molecule has 2 aromatic rings. The zero-order chi connectivity index (χ0) is 16.4. The van der Waals surface area contributed by atoms with Crippen LogP contribution < -0.4 is 15.1 Å². The molecule has 1 aromatic carbocycles. The van der Waals surface area contributed by atoms with Crippen LogP contribution >= 0.6 is 11.3 Å². The molecule has 0 radical (unpaired) electrons. The summed E-state index contributed by atoms with van der Waals surface area (Å²) >= 11 is 1.17. The summed E-state index contributed by atoms with van der Waals surface area (Å²) < 4.78 is 1.68. The van der Waals surface area contributed by atoms with Crippen molar-refractivity contribution in [1.29, 1.82) is 0 Å². The fraction of sp³-hybridized carbons (Fsp3) is 0.312. The number of amides is 2. The molecule has 0 saturated heterocycles. The van der Waals surface area contributed by atoms with Crippen molar-refractivity contribution >= 4 is 34.5 Å². The smallest absolute Gasteiger partial charge is 0.307 e. The van der Waals surface area contributed by atoms with Gasteiger partial charge < -0.3 is 14.8 Å². The van der Waals surface area contributed by atoms with Crippen LogP contribution in [0.3, 0.4) is 0 Å². The van der Waals surface area contributed by atoms with E-state index in [1.807, 2.05) is 30.5 Å². The van der Waals surface area contributed by atoms with Crippen molar-refractivity contribution in [2.24, 2.45) is 0 Å². The number of para-hydroxylation sites is 2. The number of fused-ring (bicyclic) bond motifs is 1. The summed E-state index contributed by atoms with van der Waals surface area (Å²) in [6, 6.07) is 7.25. The van der Waals surface area contributed by atoms with Gasteiger partial charge in [0.15, 0.2) is 0 Å². The van der Waals surface area contributed by atoms with E-state index in [0.29, 0.717) is 25.1 Å². The van der Waals surface area contributed by atoms with Gasteiger partial charge in [0.1, 0.15) is 6.54 Å². The van der Waals surface area contributed by atoms with E-state index in [-0.39, 0.29) is 23.2 Å². The molecule has 0 aliphatic carbocycles. The normalized spacial score (nSPS) is 13.6. The molecule has 1 aliphatic heterocycles. The Morgan fingerprint density at radius 1 is 1.30 bits per heavy atom. The highest BCUT2D eigenvalue weighted by atomic mass is 32.1. The summed E-state index contributed by atoms with van der Waals surface area (Å²) in [5, 5.41) is 4.58. The highest BCUT2D eigenvalue weighted by molar-refractivity contribution is 7.07. The third-order valence-electron chi connectivity index (χ3n) is 3.82. The SMILES string of the molecule is Cc1csc(=O)n1CCCC(=O)N1CC(=O)Nc2ccccc21. The van der Waals surface area contributed by atoms with E-state index in [0.717, 1.165) is 11.4 Å². The van der Waals surface area contributed by atoms with Gasteiger partial charge in [0.2, 0.25) is 11.8 Å². The first-order valence-electron chi connectivity index (χ1n) is 7.40. The second-order valence-corrected chi connectivity index (χ2v) is 6.26. The predicted octanol–water partition coefficient (Wildman–Crippen LogP) is 1.98. The van der Waals surface area contributed by atoms with Gasteiger partial charge >= 0.3 is 4.87 Å². The summed E-state index contributed by atoms with van der Waals surface area (Å²) in [5.41, 5.74) is 2.29. The molecule has 1 N–H and O–H groups in total. The Kier molecular flexibility index (Phi) is 4.29. The monoisotopic (exact) mass is 331 g/mol. The Labute approximate surface area is 137 Å². The standard InChI is InChI=1S/C16H17N3O3S/c1-11-10-23-16(22)18(11)8-4-7-15(21)19-9-14(20)17-12-5-2-3-6-13(12)19/h2-3,5-6,10H,4,7-9H2,1H3,(H,17,20). The Morgan fingerprint density at radius 3 is 2.83 bits per heavy atom. The zero-order valence-electron chi connectivity index (χ0n) is 12.7. The molecule has 3 rings (SSSR count). The number of aryl methyl sites for hydroxylation is 1. The van der Waals surface area contributed by atoms with Gasteiger partial charge in [-0.3, -0.25) is 14.4 Å². The van der Waals surface area contributed by atoms with E-state index >= 15 is 0 Å². The fourth-order valence-corrected chi connectivity index (χ4v) is 3.41. The largest absolute Gasteiger partial charge is 0.323 e. The Morgan fingerprint density at radius 2 is 2.09 bits per heavy atom. The van der Waals surface area contributed by atoms with E-state index in [1.54, 1.807) is 10.6 Å². The maximum atomic E-state index is 12.5. The molecule has 0 bridgehead atoms. The minimum absolute atomic E-state index is 0.00218. The van der Waals surface area contributed by atoms with Gasteiger partial charge in [0.05, 0.1) is 11.4 Å². The van der Waals surface area contributed by atoms with Crippen molar-refractivity contribution in [2.45, 2.75) is 26.3 Å². The molecule has 0 atom stereocenters. The number of carbonyl (C=O) groups is 2. The molecule has 1 aliphatic rings. The van der Waals surface area contributed by atoms with Crippen LogP contribution in [0.4, 0.5) is 11.4 Å². The van der Waals surface area contributed by atoms with Crippen LogP contribution in [0.1, 0.15) is 18.5 Å². The first-order chi connectivity index (χ1) is 11.1. The summed E-state index contributed by atoms with van der Waals surface area (Å²) in [4.78, 5) is 37.4. The van der Waals surface area contributed by atoms with E-state index in [2.05, 4.69) is 5.32 Å². The average Bonchev–Trinajstić information content (AvgIpc) is 2.85. The summed E-state index contributed by atoms with van der Waals surface area (Å²) in [7, 11) is 0. The third kappa shape index (κ3) is 3.19. The minimum atomic E-state index is -0.193. The number of nitrogens with one attached hydrogen (secondary N) is 1. The highest BCUT2D eigenvalue weighted by Gasteiger charge is 2.26. The Hall–Kier alpha value is -2.41. The van der Waals surface area contributed by atoms with Crippen molar-refractivity contribution in [2.75, 3.05) is 16.8 Å². The lowest BCUT2D eigenvalue weighted by molar-refractivity contribution is -0.122.